The number of ether oxygens (including phenoxy) is 3. The van der Waals surface area contributed by atoms with Gasteiger partial charge in [-0.25, -0.2) is 23.3 Å². The summed E-state index contributed by atoms with van der Waals surface area (Å²) in [6, 6.07) is 13.4. The smallest absolute Gasteiger partial charge is 0.490 e. The minimum atomic E-state index is -5.79. The molecule has 4 heterocycles. The molecule has 3 aliphatic rings. The van der Waals surface area contributed by atoms with Crippen molar-refractivity contribution in [1.29, 1.82) is 0 Å². The normalized spacial score (nSPS) is 20.0. The molecule has 7 rings (SSSR count). The number of phenolic OH excluding ortho intramolecular Hbond substituents is 2. The number of aromatic hydroxyl groups is 2. The third-order valence-electron chi connectivity index (χ3n) is 10.4. The maximum atomic E-state index is 13.4. The summed E-state index contributed by atoms with van der Waals surface area (Å²) in [5.74, 6) is -1.17. The SMILES string of the molecule is O=C(CCCCCNC(=O)c1ccc2c(c1)C(=O)OC21c2ccc(O)cc2Oc2cc(O)ccc21)NC/C=C/c1cn([C@H]2C[C@@H](O)[C@@H](COP(=O)(O)OP(=O)(O)OP(=O)(O)O)O2)c(=O)[nH]c1=O. The van der Waals surface area contributed by atoms with Crippen molar-refractivity contribution in [3.8, 4) is 23.0 Å². The molecule has 0 saturated carbocycles. The van der Waals surface area contributed by atoms with Gasteiger partial charge in [-0.15, -0.1) is 0 Å². The van der Waals surface area contributed by atoms with E-state index in [1.54, 1.807) is 24.3 Å². The number of phenols is 2. The van der Waals surface area contributed by atoms with Crippen molar-refractivity contribution >= 4 is 47.3 Å². The molecule has 4 aromatic rings. The molecule has 1 spiro atoms. The van der Waals surface area contributed by atoms with Gasteiger partial charge in [-0.1, -0.05) is 24.6 Å². The first-order valence-corrected chi connectivity index (χ1v) is 24.5. The Hall–Kier alpha value is -5.78. The van der Waals surface area contributed by atoms with E-state index in [2.05, 4.69) is 28.8 Å². The molecule has 25 nitrogen and oxygen atoms in total. The summed E-state index contributed by atoms with van der Waals surface area (Å²) in [4.78, 5) is 102. The number of phosphoric ester groups is 1. The van der Waals surface area contributed by atoms with Gasteiger partial charge in [0.05, 0.1) is 23.8 Å². The van der Waals surface area contributed by atoms with E-state index in [1.165, 1.54) is 42.5 Å². The number of nitrogens with one attached hydrogen (secondary N) is 3. The molecule has 358 valence electrons. The zero-order valence-corrected chi connectivity index (χ0v) is 37.1. The highest BCUT2D eigenvalue weighted by molar-refractivity contribution is 7.66. The largest absolute Gasteiger partial charge is 0.508 e. The molecule has 2 amide bonds. The number of nitrogens with zero attached hydrogens (tertiary/aromatic N) is 1. The first-order valence-electron chi connectivity index (χ1n) is 20.0. The lowest BCUT2D eigenvalue weighted by atomic mass is 9.77. The molecule has 10 N–H and O–H groups in total. The number of hydrogen-bond donors (Lipinski definition) is 10. The van der Waals surface area contributed by atoms with Crippen molar-refractivity contribution in [2.24, 2.45) is 0 Å². The number of aromatic nitrogens is 2. The van der Waals surface area contributed by atoms with Gasteiger partial charge >= 0.3 is 35.1 Å². The highest BCUT2D eigenvalue weighted by atomic mass is 31.3. The Morgan fingerprint density at radius 1 is 0.866 bits per heavy atom. The summed E-state index contributed by atoms with van der Waals surface area (Å²) in [5.41, 5.74) is -1.60. The number of H-pyrrole nitrogens is 1. The molecule has 1 aromatic heterocycles. The molecule has 0 aliphatic carbocycles. The quantitative estimate of drug-likeness (QED) is 0.0389. The Morgan fingerprint density at radius 2 is 1.54 bits per heavy atom. The Kier molecular flexibility index (Phi) is 14.3. The maximum absolute atomic E-state index is 13.4. The van der Waals surface area contributed by atoms with Crippen LogP contribution in [0.5, 0.6) is 23.0 Å². The number of hydrogen-bond acceptors (Lipinski definition) is 17. The Labute approximate surface area is 377 Å². The summed E-state index contributed by atoms with van der Waals surface area (Å²) < 4.78 is 64.6. The van der Waals surface area contributed by atoms with Gasteiger partial charge in [-0.05, 0) is 49.2 Å². The van der Waals surface area contributed by atoms with Crippen LogP contribution in [0.1, 0.15) is 81.3 Å². The number of aliphatic hydroxyl groups excluding tert-OH is 1. The fraction of sp³-hybridized carbons (Fsp3) is 0.308. The Morgan fingerprint density at radius 3 is 2.21 bits per heavy atom. The van der Waals surface area contributed by atoms with Gasteiger partial charge in [-0.2, -0.15) is 8.62 Å². The molecule has 1 fully saturated rings. The third kappa shape index (κ3) is 11.3. The zero-order chi connectivity index (χ0) is 48.5. The summed E-state index contributed by atoms with van der Waals surface area (Å²) in [6.45, 7) is -0.720. The van der Waals surface area contributed by atoms with Crippen molar-refractivity contribution in [3.63, 3.8) is 0 Å². The molecule has 3 aliphatic heterocycles. The first kappa shape index (κ1) is 49.1. The monoisotopic (exact) mass is 994 g/mol. The number of unbranched alkanes of at least 4 members (excludes halogenated alkanes) is 2. The molecular weight excluding hydrogens is 953 g/mol. The second kappa shape index (κ2) is 19.4. The molecule has 28 heteroatoms. The number of carbonyl (C=O) groups excluding carboxylic acids is 3. The number of rotatable bonds is 18. The minimum Gasteiger partial charge on any atom is -0.508 e. The van der Waals surface area contributed by atoms with Crippen LogP contribution >= 0.6 is 23.5 Å². The van der Waals surface area contributed by atoms with E-state index < -0.39 is 77.2 Å². The highest BCUT2D eigenvalue weighted by Crippen LogP contribution is 2.66. The number of carbonyl (C=O) groups is 3. The van der Waals surface area contributed by atoms with Gasteiger partial charge < -0.3 is 59.7 Å². The molecule has 1 saturated heterocycles. The van der Waals surface area contributed by atoms with E-state index >= 15 is 0 Å². The fourth-order valence-corrected chi connectivity index (χ4v) is 10.6. The van der Waals surface area contributed by atoms with Crippen molar-refractivity contribution in [2.75, 3.05) is 19.7 Å². The second-order valence-corrected chi connectivity index (χ2v) is 19.6. The van der Waals surface area contributed by atoms with E-state index in [1.807, 2.05) is 0 Å². The predicted molar refractivity (Wildman–Crippen MR) is 227 cm³/mol. The summed E-state index contributed by atoms with van der Waals surface area (Å²) >= 11 is 0. The van der Waals surface area contributed by atoms with E-state index in [4.69, 9.17) is 24.0 Å². The fourth-order valence-electron chi connectivity index (χ4n) is 7.53. The van der Waals surface area contributed by atoms with Crippen molar-refractivity contribution in [3.05, 3.63) is 121 Å². The van der Waals surface area contributed by atoms with E-state index in [0.717, 1.165) is 10.8 Å². The second-order valence-electron chi connectivity index (χ2n) is 15.1. The first-order chi connectivity index (χ1) is 31.5. The van der Waals surface area contributed by atoms with Gasteiger partial charge in [0, 0.05) is 66.5 Å². The van der Waals surface area contributed by atoms with E-state index in [9.17, 15) is 62.8 Å². The summed E-state index contributed by atoms with van der Waals surface area (Å²) in [6.07, 6.45) is 1.09. The number of phosphoric acid groups is 3. The van der Waals surface area contributed by atoms with Crippen LogP contribution < -0.4 is 26.6 Å². The van der Waals surface area contributed by atoms with Crippen LogP contribution in [0.2, 0.25) is 0 Å². The van der Waals surface area contributed by atoms with Crippen LogP contribution in [-0.4, -0.2) is 94.1 Å². The molecular formula is C39H41N4O21P3. The number of aliphatic hydroxyl groups is 1. The molecule has 67 heavy (non-hydrogen) atoms. The topological polar surface area (TPSA) is 378 Å². The van der Waals surface area contributed by atoms with Crippen LogP contribution in [0.3, 0.4) is 0 Å². The van der Waals surface area contributed by atoms with Gasteiger partial charge in [0.1, 0.15) is 35.3 Å². The highest BCUT2D eigenvalue weighted by Gasteiger charge is 2.54. The van der Waals surface area contributed by atoms with Crippen LogP contribution in [0.4, 0.5) is 0 Å². The molecule has 0 radical (unpaired) electrons. The minimum absolute atomic E-state index is 0.00973. The zero-order valence-electron chi connectivity index (χ0n) is 34.5. The van der Waals surface area contributed by atoms with Gasteiger partial charge in [-0.3, -0.25) is 28.5 Å². The molecule has 3 aromatic carbocycles. The molecule has 0 bridgehead atoms. The lowest BCUT2D eigenvalue weighted by Crippen LogP contribution is -2.33. The predicted octanol–water partition coefficient (Wildman–Crippen LogP) is 2.63. The average Bonchev–Trinajstić information content (AvgIpc) is 3.74. The van der Waals surface area contributed by atoms with E-state index in [0.29, 0.717) is 36.0 Å². The van der Waals surface area contributed by atoms with Gasteiger partial charge in [0.15, 0.2) is 5.60 Å². The third-order valence-corrected chi connectivity index (χ3v) is 14.2. The van der Waals surface area contributed by atoms with Crippen molar-refractivity contribution in [1.82, 2.24) is 20.2 Å². The molecule has 2 unspecified atom stereocenters. The lowest BCUT2D eigenvalue weighted by molar-refractivity contribution is -0.121. The van der Waals surface area contributed by atoms with E-state index in [-0.39, 0.29) is 71.5 Å². The van der Waals surface area contributed by atoms with Gasteiger partial charge in [0.25, 0.3) is 11.5 Å². The number of aromatic amines is 1. The number of fused-ring (bicyclic) bond motifs is 6. The number of amides is 2. The Bertz CT molecular complexity index is 2860. The van der Waals surface area contributed by atoms with Crippen molar-refractivity contribution in [2.45, 2.75) is 56.1 Å². The summed E-state index contributed by atoms with van der Waals surface area (Å²) in [7, 11) is -16.9. The maximum Gasteiger partial charge on any atom is 0.490 e. The number of benzene rings is 3. The lowest BCUT2D eigenvalue weighted by Gasteiger charge is -2.36. The average molecular weight is 995 g/mol. The summed E-state index contributed by atoms with van der Waals surface area (Å²) in [5, 5.41) is 36.1. The number of esters is 1. The van der Waals surface area contributed by atoms with Crippen LogP contribution in [0, 0.1) is 0 Å². The standard InChI is InChI=1S/C39H41N4O21P3/c44-23-8-11-27-30(16-23)60-31-17-24(45)9-12-28(31)39(27)26-10-7-21(15-25(26)37(50)62-39)35(48)41-13-3-1-2-6-33(47)40-14-4-5-22-19-43(38(51)42-36(22)49)34-18-29(46)32(61-34)20-59-66(55,56)64-67(57,58)63-65(52,53)54/h4-5,7-12,15-17,19,29,32,34,44-46H,1-3,6,13-14,18,20H2,(H,40,47)(H,41,48)(H,55,56)(H,57,58)(H,42,49,51)(H2,52,53,54)/b5-4+/t29-,32-,34-/m1/s1. The Balaban J connectivity index is 0.848. The van der Waals surface area contributed by atoms with Gasteiger partial charge in [0.2, 0.25) is 5.91 Å². The van der Waals surface area contributed by atoms with Crippen LogP contribution in [-0.2, 0) is 46.7 Å². The van der Waals surface area contributed by atoms with Crippen LogP contribution in [0.25, 0.3) is 6.08 Å². The molecule has 5 atom stereocenters. The van der Waals surface area contributed by atoms with Crippen molar-refractivity contribution < 1.29 is 90.3 Å². The van der Waals surface area contributed by atoms with Crippen LogP contribution in [0.15, 0.2) is 76.5 Å².